The van der Waals surface area contributed by atoms with E-state index >= 15 is 0 Å². The monoisotopic (exact) mass is 194 g/mol. The normalized spacial score (nSPS) is 29.2. The second-order valence-corrected chi connectivity index (χ2v) is 5.03. The second kappa shape index (κ2) is 2.35. The fourth-order valence-electron chi connectivity index (χ4n) is 2.66. The van der Waals surface area contributed by atoms with Crippen LogP contribution < -0.4 is 0 Å². The summed E-state index contributed by atoms with van der Waals surface area (Å²) in [7, 11) is 0. The molecular formula is C10H10O2S. The maximum Gasteiger partial charge on any atom is 0.345 e. The van der Waals surface area contributed by atoms with E-state index in [9.17, 15) is 4.79 Å². The SMILES string of the molecule is O=C(O)c1cc2c(s1)[C@H]1CC[C@@H]2C1. The summed E-state index contributed by atoms with van der Waals surface area (Å²) in [5.74, 6) is 0.612. The van der Waals surface area contributed by atoms with Crippen molar-refractivity contribution in [1.29, 1.82) is 0 Å². The van der Waals surface area contributed by atoms with E-state index in [1.807, 2.05) is 6.07 Å². The minimum atomic E-state index is -0.765. The molecule has 68 valence electrons. The van der Waals surface area contributed by atoms with Crippen molar-refractivity contribution in [2.45, 2.75) is 31.1 Å². The van der Waals surface area contributed by atoms with Crippen molar-refractivity contribution in [2.24, 2.45) is 0 Å². The first-order chi connectivity index (χ1) is 6.25. The molecule has 0 amide bonds. The third-order valence-corrected chi connectivity index (χ3v) is 4.55. The number of thiophene rings is 1. The van der Waals surface area contributed by atoms with Gasteiger partial charge in [-0.1, -0.05) is 0 Å². The zero-order valence-corrected chi connectivity index (χ0v) is 7.93. The highest BCUT2D eigenvalue weighted by molar-refractivity contribution is 7.14. The lowest BCUT2D eigenvalue weighted by atomic mass is 9.99. The molecule has 2 atom stereocenters. The fourth-order valence-corrected chi connectivity index (χ4v) is 3.90. The first kappa shape index (κ1) is 7.56. The molecule has 2 aliphatic carbocycles. The van der Waals surface area contributed by atoms with Crippen LogP contribution in [0.5, 0.6) is 0 Å². The number of hydrogen-bond donors (Lipinski definition) is 1. The summed E-state index contributed by atoms with van der Waals surface area (Å²) < 4.78 is 0. The molecule has 0 aromatic carbocycles. The molecule has 1 saturated carbocycles. The Morgan fingerprint density at radius 1 is 1.46 bits per heavy atom. The number of rotatable bonds is 1. The van der Waals surface area contributed by atoms with E-state index < -0.39 is 5.97 Å². The van der Waals surface area contributed by atoms with Crippen LogP contribution in [0.25, 0.3) is 0 Å². The Hall–Kier alpha value is -0.830. The molecule has 0 spiro atoms. The second-order valence-electron chi connectivity index (χ2n) is 3.94. The average Bonchev–Trinajstić information content (AvgIpc) is 2.76. The molecule has 0 saturated heterocycles. The molecule has 0 radical (unpaired) electrons. The highest BCUT2D eigenvalue weighted by Gasteiger charge is 2.39. The van der Waals surface area contributed by atoms with Crippen LogP contribution in [0.4, 0.5) is 0 Å². The first-order valence-corrected chi connectivity index (χ1v) is 5.44. The van der Waals surface area contributed by atoms with Gasteiger partial charge in [-0.25, -0.2) is 4.79 Å². The molecule has 0 aliphatic heterocycles. The highest BCUT2D eigenvalue weighted by Crippen LogP contribution is 2.55. The van der Waals surface area contributed by atoms with Crippen LogP contribution >= 0.6 is 11.3 Å². The van der Waals surface area contributed by atoms with Crippen molar-refractivity contribution in [2.75, 3.05) is 0 Å². The van der Waals surface area contributed by atoms with Gasteiger partial charge in [-0.05, 0) is 42.7 Å². The fraction of sp³-hybridized carbons (Fsp3) is 0.500. The van der Waals surface area contributed by atoms with Crippen molar-refractivity contribution < 1.29 is 9.90 Å². The highest BCUT2D eigenvalue weighted by atomic mass is 32.1. The minimum absolute atomic E-state index is 0.529. The first-order valence-electron chi connectivity index (χ1n) is 4.62. The number of carboxylic acid groups (broad SMARTS) is 1. The lowest BCUT2D eigenvalue weighted by Crippen LogP contribution is -1.92. The van der Waals surface area contributed by atoms with Gasteiger partial charge < -0.3 is 5.11 Å². The van der Waals surface area contributed by atoms with Crippen LogP contribution in [0.1, 0.15) is 51.2 Å². The topological polar surface area (TPSA) is 37.3 Å². The molecule has 2 aliphatic rings. The Morgan fingerprint density at radius 3 is 2.92 bits per heavy atom. The Morgan fingerprint density at radius 2 is 2.23 bits per heavy atom. The van der Waals surface area contributed by atoms with E-state index in [2.05, 4.69) is 0 Å². The standard InChI is InChI=1S/C10H10O2S/c11-10(12)8-4-7-5-1-2-6(3-5)9(7)13-8/h4-6H,1-3H2,(H,11,12)/t5-,6+/m1/s1. The summed E-state index contributed by atoms with van der Waals surface area (Å²) in [4.78, 5) is 12.6. The van der Waals surface area contributed by atoms with Gasteiger partial charge in [-0.3, -0.25) is 0 Å². The molecule has 2 bridgehead atoms. The van der Waals surface area contributed by atoms with Crippen LogP contribution in [-0.4, -0.2) is 11.1 Å². The van der Waals surface area contributed by atoms with E-state index in [1.165, 1.54) is 41.0 Å². The molecule has 1 aromatic heterocycles. The number of carbonyl (C=O) groups is 1. The van der Waals surface area contributed by atoms with Crippen LogP contribution in [-0.2, 0) is 0 Å². The van der Waals surface area contributed by atoms with Gasteiger partial charge in [-0.2, -0.15) is 0 Å². The predicted octanol–water partition coefficient (Wildman–Crippen LogP) is 2.81. The maximum absolute atomic E-state index is 10.8. The lowest BCUT2D eigenvalue weighted by molar-refractivity contribution is 0.0702. The van der Waals surface area contributed by atoms with Crippen molar-refractivity contribution in [1.82, 2.24) is 0 Å². The molecule has 13 heavy (non-hydrogen) atoms. The molecule has 3 heteroatoms. The lowest BCUT2D eigenvalue weighted by Gasteiger charge is -2.07. The molecule has 1 N–H and O–H groups in total. The summed E-state index contributed by atoms with van der Waals surface area (Å²) in [5, 5.41) is 8.85. The summed E-state index contributed by atoms with van der Waals surface area (Å²) in [6, 6.07) is 1.90. The van der Waals surface area contributed by atoms with Gasteiger partial charge >= 0.3 is 5.97 Å². The molecule has 2 nitrogen and oxygen atoms in total. The van der Waals surface area contributed by atoms with E-state index in [-0.39, 0.29) is 0 Å². The summed E-state index contributed by atoms with van der Waals surface area (Å²) >= 11 is 1.49. The summed E-state index contributed by atoms with van der Waals surface area (Å²) in [5.41, 5.74) is 1.35. The predicted molar refractivity (Wildman–Crippen MR) is 50.6 cm³/mol. The molecular weight excluding hydrogens is 184 g/mol. The van der Waals surface area contributed by atoms with E-state index in [0.717, 1.165) is 0 Å². The Bertz CT molecular complexity index is 353. The van der Waals surface area contributed by atoms with E-state index in [0.29, 0.717) is 16.7 Å². The van der Waals surface area contributed by atoms with Gasteiger partial charge in [0.15, 0.2) is 0 Å². The largest absolute Gasteiger partial charge is 0.477 e. The van der Waals surface area contributed by atoms with Crippen molar-refractivity contribution >= 4 is 17.3 Å². The Kier molecular flexibility index (Phi) is 1.37. The van der Waals surface area contributed by atoms with Gasteiger partial charge in [0.1, 0.15) is 4.88 Å². The van der Waals surface area contributed by atoms with Crippen molar-refractivity contribution in [3.05, 3.63) is 21.4 Å². The van der Waals surface area contributed by atoms with Gasteiger partial charge in [-0.15, -0.1) is 11.3 Å². The average molecular weight is 194 g/mol. The Balaban J connectivity index is 2.11. The number of hydrogen-bond acceptors (Lipinski definition) is 2. The number of fused-ring (bicyclic) bond motifs is 5. The smallest absolute Gasteiger partial charge is 0.345 e. The van der Waals surface area contributed by atoms with Crippen LogP contribution in [0.3, 0.4) is 0 Å². The zero-order valence-electron chi connectivity index (χ0n) is 7.12. The number of aromatic carboxylic acids is 1. The van der Waals surface area contributed by atoms with Crippen molar-refractivity contribution in [3.8, 4) is 0 Å². The van der Waals surface area contributed by atoms with Crippen LogP contribution in [0, 0.1) is 0 Å². The quantitative estimate of drug-likeness (QED) is 0.746. The Labute approximate surface area is 80.2 Å². The molecule has 1 fully saturated rings. The molecule has 3 rings (SSSR count). The molecule has 0 unspecified atom stereocenters. The van der Waals surface area contributed by atoms with Crippen LogP contribution in [0.2, 0.25) is 0 Å². The van der Waals surface area contributed by atoms with Gasteiger partial charge in [0.05, 0.1) is 0 Å². The van der Waals surface area contributed by atoms with E-state index in [4.69, 9.17) is 5.11 Å². The zero-order chi connectivity index (χ0) is 9.00. The summed E-state index contributed by atoms with van der Waals surface area (Å²) in [6.45, 7) is 0. The molecule has 1 heterocycles. The summed E-state index contributed by atoms with van der Waals surface area (Å²) in [6.07, 6.45) is 3.83. The van der Waals surface area contributed by atoms with Crippen molar-refractivity contribution in [3.63, 3.8) is 0 Å². The van der Waals surface area contributed by atoms with Gasteiger partial charge in [0.25, 0.3) is 0 Å². The third-order valence-electron chi connectivity index (χ3n) is 3.25. The maximum atomic E-state index is 10.8. The number of carboxylic acids is 1. The van der Waals surface area contributed by atoms with Crippen LogP contribution in [0.15, 0.2) is 6.07 Å². The van der Waals surface area contributed by atoms with E-state index in [1.54, 1.807) is 0 Å². The third kappa shape index (κ3) is 0.908. The van der Waals surface area contributed by atoms with Gasteiger partial charge in [0.2, 0.25) is 0 Å². The minimum Gasteiger partial charge on any atom is -0.477 e. The molecule has 1 aromatic rings. The van der Waals surface area contributed by atoms with Gasteiger partial charge in [0, 0.05) is 4.88 Å².